The van der Waals surface area contributed by atoms with Crippen LogP contribution < -0.4 is 5.32 Å². The number of aliphatic hydroxyl groups is 1. The lowest BCUT2D eigenvalue weighted by atomic mass is 10.0. The minimum absolute atomic E-state index is 0.397. The summed E-state index contributed by atoms with van der Waals surface area (Å²) in [6.07, 6.45) is 8.89. The fourth-order valence-electron chi connectivity index (χ4n) is 3.07. The van der Waals surface area contributed by atoms with Crippen LogP contribution in [0.15, 0.2) is 36.8 Å². The molecule has 3 aromatic heterocycles. The molecule has 1 aliphatic carbocycles. The molecule has 1 aliphatic rings. The third kappa shape index (κ3) is 5.46. The molecule has 0 aliphatic heterocycles. The third-order valence-corrected chi connectivity index (χ3v) is 4.81. The molecule has 29 heavy (non-hydrogen) atoms. The summed E-state index contributed by atoms with van der Waals surface area (Å²) < 4.78 is 0. The number of nitrogens with one attached hydrogen (secondary N) is 1. The topological polar surface area (TPSA) is 96.7 Å². The van der Waals surface area contributed by atoms with Crippen molar-refractivity contribution in [1.82, 2.24) is 24.9 Å². The summed E-state index contributed by atoms with van der Waals surface area (Å²) in [6.45, 7) is 3.52. The number of halogens is 1. The van der Waals surface area contributed by atoms with Crippen molar-refractivity contribution in [3.8, 4) is 11.3 Å². The molecular weight excluding hydrogens is 388 g/mol. The molecule has 4 rings (SSSR count). The molecule has 3 heterocycles. The van der Waals surface area contributed by atoms with Gasteiger partial charge in [-0.15, -0.1) is 0 Å². The Morgan fingerprint density at radius 3 is 2.66 bits per heavy atom. The number of nitrogens with zero attached hydrogens (tertiary/aromatic N) is 5. The van der Waals surface area contributed by atoms with E-state index in [1.54, 1.807) is 44.6 Å². The van der Waals surface area contributed by atoms with Gasteiger partial charge in [0.25, 0.3) is 0 Å². The van der Waals surface area contributed by atoms with Gasteiger partial charge in [0, 0.05) is 36.3 Å². The molecule has 0 radical (unpaired) electrons. The SMILES string of the molecule is CC(C)(O)Cc1ncc(-c2ccnc(Nc3ccnc(Cl)c3)n2)c(CC2CC2)n1. The number of anilines is 2. The first-order valence-electron chi connectivity index (χ1n) is 9.65. The van der Waals surface area contributed by atoms with Crippen LogP contribution in [0, 0.1) is 5.92 Å². The van der Waals surface area contributed by atoms with Crippen LogP contribution in [0.1, 0.15) is 38.2 Å². The average Bonchev–Trinajstić information content (AvgIpc) is 3.45. The van der Waals surface area contributed by atoms with Crippen molar-refractivity contribution in [2.24, 2.45) is 5.92 Å². The Bertz CT molecular complexity index is 1020. The van der Waals surface area contributed by atoms with Crippen molar-refractivity contribution in [2.45, 2.75) is 45.1 Å². The van der Waals surface area contributed by atoms with Crippen molar-refractivity contribution < 1.29 is 5.11 Å². The molecule has 0 saturated heterocycles. The molecule has 1 fully saturated rings. The van der Waals surface area contributed by atoms with Crippen molar-refractivity contribution >= 4 is 23.2 Å². The van der Waals surface area contributed by atoms with Crippen LogP contribution >= 0.6 is 11.6 Å². The van der Waals surface area contributed by atoms with Crippen LogP contribution in [0.2, 0.25) is 5.15 Å². The van der Waals surface area contributed by atoms with E-state index >= 15 is 0 Å². The summed E-state index contributed by atoms with van der Waals surface area (Å²) in [7, 11) is 0. The highest BCUT2D eigenvalue weighted by molar-refractivity contribution is 6.29. The molecule has 2 N–H and O–H groups in total. The van der Waals surface area contributed by atoms with Gasteiger partial charge in [0.15, 0.2) is 0 Å². The van der Waals surface area contributed by atoms with Crippen LogP contribution in [-0.2, 0) is 12.8 Å². The molecular formula is C21H23ClN6O. The molecule has 150 valence electrons. The number of hydrogen-bond acceptors (Lipinski definition) is 7. The molecule has 0 atom stereocenters. The normalized spacial score (nSPS) is 14.1. The second kappa shape index (κ2) is 8.00. The lowest BCUT2D eigenvalue weighted by Gasteiger charge is -2.17. The molecule has 0 aromatic carbocycles. The largest absolute Gasteiger partial charge is 0.390 e. The third-order valence-electron chi connectivity index (χ3n) is 4.60. The fourth-order valence-corrected chi connectivity index (χ4v) is 3.25. The number of rotatable bonds is 7. The Morgan fingerprint density at radius 1 is 1.14 bits per heavy atom. The van der Waals surface area contributed by atoms with E-state index in [-0.39, 0.29) is 0 Å². The zero-order valence-electron chi connectivity index (χ0n) is 16.4. The van der Waals surface area contributed by atoms with Gasteiger partial charge in [0.05, 0.1) is 17.0 Å². The predicted octanol–water partition coefficient (Wildman–Crippen LogP) is 3.99. The number of pyridine rings is 1. The molecule has 8 heteroatoms. The summed E-state index contributed by atoms with van der Waals surface area (Å²) in [6, 6.07) is 5.37. The fraction of sp³-hybridized carbons (Fsp3) is 0.381. The second-order valence-corrected chi connectivity index (χ2v) is 8.43. The van der Waals surface area contributed by atoms with Gasteiger partial charge in [-0.1, -0.05) is 11.6 Å². The van der Waals surface area contributed by atoms with Crippen LogP contribution in [0.3, 0.4) is 0 Å². The van der Waals surface area contributed by atoms with Crippen molar-refractivity contribution in [2.75, 3.05) is 5.32 Å². The highest BCUT2D eigenvalue weighted by atomic mass is 35.5. The van der Waals surface area contributed by atoms with Gasteiger partial charge < -0.3 is 10.4 Å². The van der Waals surface area contributed by atoms with Gasteiger partial charge in [-0.3, -0.25) is 0 Å². The summed E-state index contributed by atoms with van der Waals surface area (Å²) in [5.41, 5.74) is 2.54. The van der Waals surface area contributed by atoms with Gasteiger partial charge >= 0.3 is 0 Å². The van der Waals surface area contributed by atoms with E-state index in [0.29, 0.717) is 29.3 Å². The summed E-state index contributed by atoms with van der Waals surface area (Å²) in [5, 5.41) is 13.7. The second-order valence-electron chi connectivity index (χ2n) is 8.04. The first-order valence-corrected chi connectivity index (χ1v) is 10.0. The summed E-state index contributed by atoms with van der Waals surface area (Å²) >= 11 is 5.95. The number of aromatic nitrogens is 5. The monoisotopic (exact) mass is 410 g/mol. The van der Waals surface area contributed by atoms with Gasteiger partial charge in [0.2, 0.25) is 5.95 Å². The maximum Gasteiger partial charge on any atom is 0.227 e. The van der Waals surface area contributed by atoms with E-state index in [1.807, 2.05) is 6.07 Å². The molecule has 7 nitrogen and oxygen atoms in total. The van der Waals surface area contributed by atoms with E-state index in [9.17, 15) is 5.11 Å². The number of hydrogen-bond donors (Lipinski definition) is 2. The maximum atomic E-state index is 10.1. The zero-order chi connectivity index (χ0) is 20.4. The Kier molecular flexibility index (Phi) is 5.43. The lowest BCUT2D eigenvalue weighted by Crippen LogP contribution is -2.23. The van der Waals surface area contributed by atoms with E-state index in [1.165, 1.54) is 12.8 Å². The first kappa shape index (κ1) is 19.7. The molecule has 0 unspecified atom stereocenters. The van der Waals surface area contributed by atoms with E-state index in [0.717, 1.165) is 29.1 Å². The molecule has 0 bridgehead atoms. The Morgan fingerprint density at radius 2 is 1.93 bits per heavy atom. The highest BCUT2D eigenvalue weighted by Gasteiger charge is 2.25. The van der Waals surface area contributed by atoms with Crippen molar-refractivity contribution in [3.05, 3.63) is 53.5 Å². The minimum Gasteiger partial charge on any atom is -0.390 e. The van der Waals surface area contributed by atoms with Gasteiger partial charge in [0.1, 0.15) is 11.0 Å². The van der Waals surface area contributed by atoms with Crippen LogP contribution in [0.5, 0.6) is 0 Å². The van der Waals surface area contributed by atoms with Crippen LogP contribution in [0.4, 0.5) is 11.6 Å². The molecule has 1 saturated carbocycles. The minimum atomic E-state index is -0.851. The first-order chi connectivity index (χ1) is 13.9. The Hall–Kier alpha value is -2.64. The maximum absolute atomic E-state index is 10.1. The van der Waals surface area contributed by atoms with E-state index in [4.69, 9.17) is 16.6 Å². The smallest absolute Gasteiger partial charge is 0.227 e. The zero-order valence-corrected chi connectivity index (χ0v) is 17.2. The summed E-state index contributed by atoms with van der Waals surface area (Å²) in [5.74, 6) is 1.77. The van der Waals surface area contributed by atoms with Crippen molar-refractivity contribution in [3.63, 3.8) is 0 Å². The van der Waals surface area contributed by atoms with Crippen LogP contribution in [-0.4, -0.2) is 35.6 Å². The van der Waals surface area contributed by atoms with Crippen molar-refractivity contribution in [1.29, 1.82) is 0 Å². The summed E-state index contributed by atoms with van der Waals surface area (Å²) in [4.78, 5) is 22.2. The predicted molar refractivity (Wildman–Crippen MR) is 112 cm³/mol. The highest BCUT2D eigenvalue weighted by Crippen LogP contribution is 2.35. The van der Waals surface area contributed by atoms with E-state index in [2.05, 4.69) is 25.3 Å². The van der Waals surface area contributed by atoms with Crippen LogP contribution in [0.25, 0.3) is 11.3 Å². The van der Waals surface area contributed by atoms with Gasteiger partial charge in [-0.25, -0.2) is 24.9 Å². The Balaban J connectivity index is 1.64. The standard InChI is InChI=1S/C21H23ClN6O/c1-21(2,29)11-19-25-12-15(17(27-19)9-13-3-4-13)16-6-8-24-20(28-16)26-14-5-7-23-18(22)10-14/h5-8,10,12-13,29H,3-4,9,11H2,1-2H3,(H,23,24,26,28). The van der Waals surface area contributed by atoms with Gasteiger partial charge in [-0.2, -0.15) is 0 Å². The molecule has 0 amide bonds. The average molecular weight is 411 g/mol. The van der Waals surface area contributed by atoms with Gasteiger partial charge in [-0.05, 0) is 57.2 Å². The Labute approximate surface area is 174 Å². The lowest BCUT2D eigenvalue weighted by molar-refractivity contribution is 0.0787. The molecule has 3 aromatic rings. The van der Waals surface area contributed by atoms with E-state index < -0.39 is 5.60 Å². The molecule has 0 spiro atoms. The quantitative estimate of drug-likeness (QED) is 0.568.